The number of aromatic nitrogens is 2. The Balaban J connectivity index is 1.99. The lowest BCUT2D eigenvalue weighted by Crippen LogP contribution is -2.18. The summed E-state index contributed by atoms with van der Waals surface area (Å²) in [5, 5.41) is 6.73. The molecule has 0 unspecified atom stereocenters. The van der Waals surface area contributed by atoms with Gasteiger partial charge < -0.3 is 10.5 Å². The van der Waals surface area contributed by atoms with Crippen LogP contribution < -0.4 is 15.8 Å². The molecule has 0 spiro atoms. The van der Waals surface area contributed by atoms with E-state index in [1.165, 1.54) is 4.68 Å². The summed E-state index contributed by atoms with van der Waals surface area (Å²) in [5.74, 6) is 0.397. The monoisotopic (exact) mass is 260 g/mol. The van der Waals surface area contributed by atoms with Crippen molar-refractivity contribution in [3.8, 4) is 5.88 Å². The van der Waals surface area contributed by atoms with Crippen LogP contribution in [-0.4, -0.2) is 15.9 Å². The van der Waals surface area contributed by atoms with E-state index in [4.69, 9.17) is 10.5 Å². The van der Waals surface area contributed by atoms with Crippen LogP contribution in [0.5, 0.6) is 5.88 Å². The van der Waals surface area contributed by atoms with Crippen LogP contribution in [0.2, 0.25) is 0 Å². The molecule has 0 aliphatic heterocycles. The highest BCUT2D eigenvalue weighted by atomic mass is 16.6. The Labute approximate surface area is 111 Å². The van der Waals surface area contributed by atoms with Gasteiger partial charge in [0.2, 0.25) is 5.88 Å². The zero-order chi connectivity index (χ0) is 13.8. The third kappa shape index (κ3) is 3.32. The summed E-state index contributed by atoms with van der Waals surface area (Å²) in [4.78, 5) is 11.7. The Morgan fingerprint density at radius 2 is 2.11 bits per heavy atom. The minimum absolute atomic E-state index is 0.397. The van der Waals surface area contributed by atoms with Crippen molar-refractivity contribution >= 4 is 11.8 Å². The highest BCUT2D eigenvalue weighted by molar-refractivity contribution is 5.86. The van der Waals surface area contributed by atoms with Crippen LogP contribution in [0.15, 0.2) is 30.3 Å². The molecule has 100 valence electrons. The fraction of sp³-hybridized carbons (Fsp3) is 0.231. The Morgan fingerprint density at radius 3 is 2.63 bits per heavy atom. The number of rotatable bonds is 3. The minimum Gasteiger partial charge on any atom is -0.391 e. The number of hydrogen-bond donors (Lipinski definition) is 2. The number of carbonyl (C=O) groups excluding carboxylic acids is 1. The normalized spacial score (nSPS) is 10.3. The van der Waals surface area contributed by atoms with E-state index in [-0.39, 0.29) is 0 Å². The highest BCUT2D eigenvalue weighted by Crippen LogP contribution is 2.13. The summed E-state index contributed by atoms with van der Waals surface area (Å²) in [5.41, 5.74) is 7.94. The molecule has 3 N–H and O–H groups in total. The number of nitrogens with one attached hydrogen (secondary N) is 1. The van der Waals surface area contributed by atoms with Gasteiger partial charge in [0.15, 0.2) is 0 Å². The predicted molar refractivity (Wildman–Crippen MR) is 71.9 cm³/mol. The summed E-state index contributed by atoms with van der Waals surface area (Å²) in [6.45, 7) is 2.30. The highest BCUT2D eigenvalue weighted by Gasteiger charge is 2.09. The van der Waals surface area contributed by atoms with Crippen molar-refractivity contribution in [1.82, 2.24) is 9.78 Å². The van der Waals surface area contributed by atoms with Gasteiger partial charge in [-0.15, -0.1) is 0 Å². The Hall–Kier alpha value is -2.34. The Kier molecular flexibility index (Phi) is 3.82. The van der Waals surface area contributed by atoms with Gasteiger partial charge in [-0.25, -0.2) is 9.48 Å². The molecule has 0 fully saturated rings. The Morgan fingerprint density at radius 1 is 1.42 bits per heavy atom. The second-order valence-electron chi connectivity index (χ2n) is 4.16. The van der Waals surface area contributed by atoms with Crippen LogP contribution in [-0.2, 0) is 13.6 Å². The van der Waals surface area contributed by atoms with Crippen LogP contribution in [0.1, 0.15) is 11.3 Å². The molecular formula is C13H16N4O2. The standard InChI is InChI=1S/C13H16N4O2/c1-9-7-12(17(2)16-9)19-13(18)15-11-5-3-10(8-14)4-6-11/h3-7H,8,14H2,1-2H3,(H,15,18). The van der Waals surface area contributed by atoms with Gasteiger partial charge in [-0.2, -0.15) is 5.10 Å². The van der Waals surface area contributed by atoms with E-state index in [9.17, 15) is 4.79 Å². The summed E-state index contributed by atoms with van der Waals surface area (Å²) >= 11 is 0. The molecule has 1 amide bonds. The number of carbonyl (C=O) groups is 1. The third-order valence-corrected chi connectivity index (χ3v) is 2.59. The van der Waals surface area contributed by atoms with Crippen molar-refractivity contribution in [2.45, 2.75) is 13.5 Å². The van der Waals surface area contributed by atoms with Crippen molar-refractivity contribution in [1.29, 1.82) is 0 Å². The largest absolute Gasteiger partial charge is 0.418 e. The zero-order valence-corrected chi connectivity index (χ0v) is 10.9. The summed E-state index contributed by atoms with van der Waals surface area (Å²) in [6.07, 6.45) is -0.552. The average Bonchev–Trinajstić information content (AvgIpc) is 2.68. The maximum absolute atomic E-state index is 11.7. The maximum Gasteiger partial charge on any atom is 0.418 e. The lowest BCUT2D eigenvalue weighted by atomic mass is 10.2. The first-order valence-electron chi connectivity index (χ1n) is 5.87. The third-order valence-electron chi connectivity index (χ3n) is 2.59. The fourth-order valence-corrected chi connectivity index (χ4v) is 1.64. The number of benzene rings is 1. The van der Waals surface area contributed by atoms with E-state index in [0.29, 0.717) is 18.1 Å². The quantitative estimate of drug-likeness (QED) is 0.881. The van der Waals surface area contributed by atoms with Gasteiger partial charge in [-0.3, -0.25) is 5.32 Å². The van der Waals surface area contributed by atoms with Gasteiger partial charge in [0.1, 0.15) is 0 Å². The molecule has 1 heterocycles. The van der Waals surface area contributed by atoms with E-state index >= 15 is 0 Å². The smallest absolute Gasteiger partial charge is 0.391 e. The molecule has 19 heavy (non-hydrogen) atoms. The van der Waals surface area contributed by atoms with Crippen molar-refractivity contribution in [2.24, 2.45) is 12.8 Å². The summed E-state index contributed by atoms with van der Waals surface area (Å²) < 4.78 is 6.66. The molecule has 0 saturated carbocycles. The number of nitrogens with two attached hydrogens (primary N) is 1. The minimum atomic E-state index is -0.552. The molecule has 2 aromatic rings. The first-order valence-corrected chi connectivity index (χ1v) is 5.87. The predicted octanol–water partition coefficient (Wildman–Crippen LogP) is 1.80. The molecule has 0 bridgehead atoms. The fourth-order valence-electron chi connectivity index (χ4n) is 1.64. The van der Waals surface area contributed by atoms with Gasteiger partial charge in [-0.1, -0.05) is 12.1 Å². The van der Waals surface area contributed by atoms with Gasteiger partial charge in [0, 0.05) is 25.3 Å². The maximum atomic E-state index is 11.7. The van der Waals surface area contributed by atoms with Gasteiger partial charge in [0.25, 0.3) is 0 Å². The van der Waals surface area contributed by atoms with E-state index in [1.54, 1.807) is 25.2 Å². The van der Waals surface area contributed by atoms with Crippen molar-refractivity contribution < 1.29 is 9.53 Å². The van der Waals surface area contributed by atoms with Crippen LogP contribution in [0.4, 0.5) is 10.5 Å². The van der Waals surface area contributed by atoms with E-state index in [0.717, 1.165) is 11.3 Å². The van der Waals surface area contributed by atoms with E-state index in [2.05, 4.69) is 10.4 Å². The van der Waals surface area contributed by atoms with E-state index in [1.807, 2.05) is 19.1 Å². The number of hydrogen-bond acceptors (Lipinski definition) is 4. The molecular weight excluding hydrogens is 244 g/mol. The van der Waals surface area contributed by atoms with Crippen molar-refractivity contribution in [3.05, 3.63) is 41.6 Å². The topological polar surface area (TPSA) is 82.2 Å². The molecule has 6 nitrogen and oxygen atoms in total. The molecule has 6 heteroatoms. The lowest BCUT2D eigenvalue weighted by Gasteiger charge is -2.06. The van der Waals surface area contributed by atoms with E-state index < -0.39 is 6.09 Å². The van der Waals surface area contributed by atoms with Crippen LogP contribution in [0.3, 0.4) is 0 Å². The molecule has 0 aliphatic carbocycles. The molecule has 0 saturated heterocycles. The van der Waals surface area contributed by atoms with Gasteiger partial charge >= 0.3 is 6.09 Å². The Bertz CT molecular complexity index is 575. The first-order chi connectivity index (χ1) is 9.08. The van der Waals surface area contributed by atoms with Crippen LogP contribution in [0, 0.1) is 6.92 Å². The van der Waals surface area contributed by atoms with Crippen LogP contribution in [0.25, 0.3) is 0 Å². The van der Waals surface area contributed by atoms with Gasteiger partial charge in [0.05, 0.1) is 5.69 Å². The SMILES string of the molecule is Cc1cc(OC(=O)Nc2ccc(CN)cc2)n(C)n1. The number of aryl methyl sites for hydroxylation is 2. The number of amides is 1. The lowest BCUT2D eigenvalue weighted by molar-refractivity contribution is 0.211. The van der Waals surface area contributed by atoms with Crippen molar-refractivity contribution in [3.63, 3.8) is 0 Å². The second-order valence-corrected chi connectivity index (χ2v) is 4.16. The summed E-state index contributed by atoms with van der Waals surface area (Å²) in [7, 11) is 1.71. The molecule has 0 aliphatic rings. The summed E-state index contributed by atoms with van der Waals surface area (Å²) in [6, 6.07) is 8.95. The molecule has 0 atom stereocenters. The van der Waals surface area contributed by atoms with Gasteiger partial charge in [-0.05, 0) is 24.6 Å². The molecule has 2 rings (SSSR count). The van der Waals surface area contributed by atoms with Crippen LogP contribution >= 0.6 is 0 Å². The van der Waals surface area contributed by atoms with Crippen molar-refractivity contribution in [2.75, 3.05) is 5.32 Å². The molecule has 0 radical (unpaired) electrons. The second kappa shape index (κ2) is 5.53. The molecule has 1 aromatic carbocycles. The average molecular weight is 260 g/mol. The number of ether oxygens (including phenoxy) is 1. The first kappa shape index (κ1) is 13.1. The zero-order valence-electron chi connectivity index (χ0n) is 10.9. The number of anilines is 1. The molecule has 1 aromatic heterocycles. The number of nitrogens with zero attached hydrogens (tertiary/aromatic N) is 2.